The minimum atomic E-state index is -2.00. The van der Waals surface area contributed by atoms with Crippen molar-refractivity contribution in [2.75, 3.05) is 107 Å². The minimum absolute atomic E-state index is 0.00204. The van der Waals surface area contributed by atoms with Crippen molar-refractivity contribution in [1.29, 1.82) is 0 Å². The first kappa shape index (κ1) is 88.0. The topological polar surface area (TPSA) is 529 Å². The lowest BCUT2D eigenvalue weighted by molar-refractivity contribution is -0.280. The number of nitrogens with one attached hydrogen (secondary N) is 6. The summed E-state index contributed by atoms with van der Waals surface area (Å²) in [6.45, 7) is 9.51. The number of pyridine rings is 1. The first-order valence-corrected chi connectivity index (χ1v) is 41.3. The number of aliphatic hydroxyl groups excluding tert-OH is 2. The number of allylic oxidation sites excluding steroid dienone is 1. The molecule has 1 aromatic carbocycles. The van der Waals surface area contributed by atoms with Gasteiger partial charge < -0.3 is 120 Å². The third-order valence-corrected chi connectivity index (χ3v) is 23.2. The number of nitrogens with two attached hydrogens (primary N) is 1. The molecule has 636 valence electrons. The maximum Gasteiger partial charge on any atom is 0.432 e. The summed E-state index contributed by atoms with van der Waals surface area (Å²) < 4.78 is 66.7. The van der Waals surface area contributed by atoms with E-state index in [0.717, 1.165) is 61.4 Å². The van der Waals surface area contributed by atoms with Crippen LogP contribution < -0.4 is 42.5 Å². The molecule has 10 unspecified atom stereocenters. The number of hydrogen-bond donors (Lipinski definition) is 11. The zero-order valence-corrected chi connectivity index (χ0v) is 69.1. The summed E-state index contributed by atoms with van der Waals surface area (Å²) in [5.41, 5.74) is 1.49. The molecule has 0 saturated carbocycles. The van der Waals surface area contributed by atoms with E-state index in [4.69, 9.17) is 82.7 Å². The number of fused-ring (bicyclic) bond motifs is 15. The summed E-state index contributed by atoms with van der Waals surface area (Å²) in [5.74, 6) is -8.62. The van der Waals surface area contributed by atoms with Crippen LogP contribution in [0.4, 0.5) is 4.79 Å². The number of aliphatic hydroxyl groups is 3. The second kappa shape index (κ2) is 39.7. The van der Waals surface area contributed by atoms with E-state index < -0.39 is 151 Å². The standard InChI is InChI=1S/C74H85N15O25S5/c1-34(60(75)93)77-61(94)43-31-118-69(82-43)54-48(92)24-39-53(84-54)42-29-116-67(79-42)41-28-111-71(99)56-40-27-109-57(55(70-83-44(32-119-70)62(95)78-41)87-64(97)46-33-117-68(81-46)52(36(3)103-8)86-65(98)51(35(2)91)85-63(96)45-30-115-66(39)80-45)58(113-49-25-74(5,102)59(88(6)7)37(4)112-49)72(100)110-26-38-10-9-11-47(50(38)40)89(56)114-73(101)76-12-14-104-16-18-106-20-22-108-23-21-107-19-17-105-15-13-90/h9-11,24,29-33,35,37,41,49,51,55,57-59,90-92,102H,1,12-23,25-28H2,2-8H3,(H2,75,93)(H,76,101)(H,77,94)(H,78,95)(H,85,96)(H,86,98)(H,87,97)/b52-36+. The van der Waals surface area contributed by atoms with Crippen molar-refractivity contribution in [3.63, 3.8) is 0 Å². The molecule has 0 aliphatic carbocycles. The molecule has 12 rings (SSSR count). The second-order valence-corrected chi connectivity index (χ2v) is 31.8. The lowest BCUT2D eigenvalue weighted by atomic mass is 9.85. The Morgan fingerprint density at radius 3 is 2.07 bits per heavy atom. The maximum atomic E-state index is 15.8. The SMILES string of the molecule is C=C(NC(=O)c1csc(-c2nc3c(cc2O)-c2nc(cs2)C(=O)NC(C(C)O)C(=O)N/C(=C(\C)OC)c2nc(cs2)C(=O)NC2c4nc(cs4)C(=O)NC(COC(=O)c4c5c6c(cccc6n4OC(=O)NCCOCCOCCOCCOCCOCCO)COC(=O)C(OC4CC(C)(O)C(N(C)C)C(C)O4)C2OC5)c2nc-3cs2)n1)C(N)=O. The largest absolute Gasteiger partial charge is 0.506 e. The number of benzene rings is 1. The Bertz CT molecular complexity index is 5110. The molecule has 12 bridgehead atoms. The number of esters is 2. The molecule has 1 saturated heterocycles. The maximum absolute atomic E-state index is 15.8. The van der Waals surface area contributed by atoms with Crippen LogP contribution >= 0.6 is 56.7 Å². The van der Waals surface area contributed by atoms with Crippen molar-refractivity contribution in [2.45, 2.75) is 108 Å². The van der Waals surface area contributed by atoms with Gasteiger partial charge in [0, 0.05) is 56.4 Å². The number of methoxy groups -OCH3 is 1. The number of primary amides is 1. The van der Waals surface area contributed by atoms with Crippen molar-refractivity contribution in [1.82, 2.24) is 71.4 Å². The molecule has 12 N–H and O–H groups in total. The van der Waals surface area contributed by atoms with Gasteiger partial charge in [-0.3, -0.25) is 28.8 Å². The molecule has 119 heavy (non-hydrogen) atoms. The normalized spacial score (nSPS) is 21.8. The Morgan fingerprint density at radius 1 is 0.773 bits per heavy atom. The third kappa shape index (κ3) is 20.9. The Balaban J connectivity index is 0.971. The van der Waals surface area contributed by atoms with E-state index in [1.807, 2.05) is 0 Å². The van der Waals surface area contributed by atoms with Gasteiger partial charge in [-0.05, 0) is 59.5 Å². The van der Waals surface area contributed by atoms with Gasteiger partial charge in [0.25, 0.3) is 29.5 Å². The van der Waals surface area contributed by atoms with E-state index in [1.165, 1.54) is 60.0 Å². The minimum Gasteiger partial charge on any atom is -0.506 e. The number of likely N-dealkylation sites (N-methyl/N-ethyl adjacent to an activating group) is 1. The Hall–Kier alpha value is -10.3. The fourth-order valence-electron chi connectivity index (χ4n) is 13.2. The monoisotopic (exact) mass is 1740 g/mol. The number of aromatic nitrogens is 7. The lowest BCUT2D eigenvalue weighted by Crippen LogP contribution is -2.62. The van der Waals surface area contributed by atoms with Crippen LogP contribution in [-0.4, -0.2) is 269 Å². The van der Waals surface area contributed by atoms with Gasteiger partial charge in [-0.1, -0.05) is 18.7 Å². The van der Waals surface area contributed by atoms with Gasteiger partial charge in [0.1, 0.15) is 120 Å². The van der Waals surface area contributed by atoms with E-state index in [-0.39, 0.29) is 163 Å². The number of cyclic esters (lactones) is 2. The van der Waals surface area contributed by atoms with Gasteiger partial charge in [0.05, 0.1) is 121 Å². The van der Waals surface area contributed by atoms with Crippen molar-refractivity contribution in [2.24, 2.45) is 5.73 Å². The number of ether oxygens (including phenoxy) is 11. The molecule has 40 nitrogen and oxygen atoms in total. The average Bonchev–Trinajstić information content (AvgIpc) is 1.61. The van der Waals surface area contributed by atoms with Gasteiger partial charge in [0.2, 0.25) is 5.91 Å². The number of amides is 7. The number of rotatable bonds is 27. The molecule has 1 fully saturated rings. The zero-order chi connectivity index (χ0) is 84.9. The molecule has 11 heterocycles. The van der Waals surface area contributed by atoms with Crippen LogP contribution in [0.1, 0.15) is 125 Å². The highest BCUT2D eigenvalue weighted by atomic mass is 32.1. The van der Waals surface area contributed by atoms with E-state index in [9.17, 15) is 39.3 Å². The van der Waals surface area contributed by atoms with Crippen LogP contribution in [0.5, 0.6) is 5.75 Å². The summed E-state index contributed by atoms with van der Waals surface area (Å²) in [4.78, 5) is 167. The number of hydrogen-bond acceptors (Lipinski definition) is 37. The molecule has 4 aliphatic rings. The summed E-state index contributed by atoms with van der Waals surface area (Å²) in [7, 11) is 4.80. The molecule has 7 amide bonds. The smallest absolute Gasteiger partial charge is 0.432 e. The van der Waals surface area contributed by atoms with Crippen LogP contribution in [0.15, 0.2) is 69.2 Å². The number of carbonyl (C=O) groups is 9. The fraction of sp³-hybridized carbons (Fsp3) is 0.446. The highest BCUT2D eigenvalue weighted by Gasteiger charge is 2.50. The van der Waals surface area contributed by atoms with Gasteiger partial charge >= 0.3 is 18.0 Å². The van der Waals surface area contributed by atoms with Crippen LogP contribution in [-0.2, 0) is 79.7 Å². The Morgan fingerprint density at radius 2 is 1.39 bits per heavy atom. The fourth-order valence-corrected chi connectivity index (χ4v) is 17.4. The lowest BCUT2D eigenvalue weighted by Gasteiger charge is -2.48. The van der Waals surface area contributed by atoms with Crippen molar-refractivity contribution in [3.8, 4) is 38.4 Å². The Kier molecular flexibility index (Phi) is 29.4. The summed E-state index contributed by atoms with van der Waals surface area (Å²) >= 11 is 4.34. The van der Waals surface area contributed by atoms with Crippen molar-refractivity contribution in [3.05, 3.63) is 124 Å². The van der Waals surface area contributed by atoms with Crippen LogP contribution in [0.25, 0.3) is 49.3 Å². The molecule has 0 spiro atoms. The number of carbonyl (C=O) groups excluding carboxylic acids is 9. The predicted molar refractivity (Wildman–Crippen MR) is 424 cm³/mol. The molecular weight excluding hydrogens is 1660 g/mol. The number of thiazole rings is 5. The Labute approximate surface area is 697 Å². The summed E-state index contributed by atoms with van der Waals surface area (Å²) in [6, 6.07) is 0.336. The van der Waals surface area contributed by atoms with Crippen LogP contribution in [0.2, 0.25) is 0 Å². The third-order valence-electron chi connectivity index (χ3n) is 18.7. The summed E-state index contributed by atoms with van der Waals surface area (Å²) in [5, 5.41) is 66.9. The molecule has 10 atom stereocenters. The van der Waals surface area contributed by atoms with Gasteiger partial charge in [-0.2, -0.15) is 4.73 Å². The van der Waals surface area contributed by atoms with Gasteiger partial charge in [-0.15, -0.1) is 56.7 Å². The number of nitrogens with zero attached hydrogens (tertiary/aromatic N) is 8. The number of aromatic hydroxyl groups is 1. The quantitative estimate of drug-likeness (QED) is 0.0153. The first-order chi connectivity index (χ1) is 57.1. The van der Waals surface area contributed by atoms with Crippen molar-refractivity contribution >= 4 is 127 Å². The average molecular weight is 1740 g/mol. The molecule has 8 aromatic rings. The molecular formula is C74H85N15O25S5. The van der Waals surface area contributed by atoms with Gasteiger partial charge in [-0.25, -0.2) is 44.3 Å². The van der Waals surface area contributed by atoms with Crippen LogP contribution in [0.3, 0.4) is 0 Å². The van der Waals surface area contributed by atoms with Crippen LogP contribution in [0, 0.1) is 0 Å². The van der Waals surface area contributed by atoms with E-state index in [0.29, 0.717) is 26.4 Å². The van der Waals surface area contributed by atoms with E-state index in [2.05, 4.69) is 53.4 Å². The zero-order valence-electron chi connectivity index (χ0n) is 65.0. The molecule has 4 aliphatic heterocycles. The molecule has 0 radical (unpaired) electrons. The first-order valence-electron chi connectivity index (χ1n) is 36.9. The molecule has 7 aromatic heterocycles. The summed E-state index contributed by atoms with van der Waals surface area (Å²) in [6.07, 6.45) is -9.04. The van der Waals surface area contributed by atoms with Gasteiger partial charge in [0.15, 0.2) is 18.1 Å². The van der Waals surface area contributed by atoms with Crippen molar-refractivity contribution < 1.29 is 121 Å². The predicted octanol–water partition coefficient (Wildman–Crippen LogP) is 2.87. The highest BCUT2D eigenvalue weighted by Crippen LogP contribution is 2.43. The highest BCUT2D eigenvalue weighted by molar-refractivity contribution is 7.14. The second-order valence-electron chi connectivity index (χ2n) is 27.4. The van der Waals surface area contributed by atoms with E-state index in [1.54, 1.807) is 45.0 Å². The molecule has 45 heteroatoms. The van der Waals surface area contributed by atoms with E-state index >= 15 is 19.2 Å².